The molecule has 0 radical (unpaired) electrons. The van der Waals surface area contributed by atoms with Crippen molar-refractivity contribution in [1.29, 1.82) is 5.26 Å². The first-order valence-corrected chi connectivity index (χ1v) is 8.34. The van der Waals surface area contributed by atoms with E-state index in [-0.39, 0.29) is 12.1 Å². The summed E-state index contributed by atoms with van der Waals surface area (Å²) in [6.07, 6.45) is 0. The summed E-state index contributed by atoms with van der Waals surface area (Å²) in [7, 11) is 0. The minimum atomic E-state index is -0.235. The molecule has 0 aromatic heterocycles. The zero-order valence-corrected chi connectivity index (χ0v) is 14.3. The lowest BCUT2D eigenvalue weighted by atomic mass is 10.0. The molecule has 1 unspecified atom stereocenters. The van der Waals surface area contributed by atoms with Crippen molar-refractivity contribution in [2.45, 2.75) is 26.8 Å². The van der Waals surface area contributed by atoms with E-state index in [1.807, 2.05) is 54.8 Å². The molecule has 5 heteroatoms. The van der Waals surface area contributed by atoms with E-state index < -0.39 is 0 Å². The van der Waals surface area contributed by atoms with E-state index in [0.29, 0.717) is 13.1 Å². The molecule has 2 rings (SSSR count). The summed E-state index contributed by atoms with van der Waals surface area (Å²) in [5.41, 5.74) is 2.22. The summed E-state index contributed by atoms with van der Waals surface area (Å²) >= 11 is 0. The molecule has 1 fully saturated rings. The van der Waals surface area contributed by atoms with Crippen LogP contribution in [0.25, 0.3) is 0 Å². The van der Waals surface area contributed by atoms with Gasteiger partial charge >= 0.3 is 6.03 Å². The van der Waals surface area contributed by atoms with Crippen molar-refractivity contribution in [1.82, 2.24) is 14.7 Å². The van der Waals surface area contributed by atoms with Crippen LogP contribution in [0.4, 0.5) is 4.79 Å². The van der Waals surface area contributed by atoms with Crippen LogP contribution in [0.15, 0.2) is 24.3 Å². The fourth-order valence-electron chi connectivity index (χ4n) is 2.98. The maximum Gasteiger partial charge on any atom is 0.320 e. The molecule has 0 N–H and O–H groups in total. The number of urea groups is 1. The highest BCUT2D eigenvalue weighted by Crippen LogP contribution is 2.22. The minimum absolute atomic E-state index is 0.110. The standard InChI is InChI=1S/C18H26N4O/c1-4-20(5-2)18(23)22-12-10-21(11-13-22)17(14-19)16-8-6-15(3)7-9-16/h6-9,17H,4-5,10-13H2,1-3H3. The van der Waals surface area contributed by atoms with Crippen LogP contribution in [0.3, 0.4) is 0 Å². The zero-order valence-electron chi connectivity index (χ0n) is 14.3. The number of piperazine rings is 1. The molecule has 1 aromatic rings. The number of carbonyl (C=O) groups is 1. The molecule has 1 aliphatic rings. The van der Waals surface area contributed by atoms with E-state index in [1.165, 1.54) is 5.56 Å². The Bertz CT molecular complexity index is 551. The molecule has 5 nitrogen and oxygen atoms in total. The lowest BCUT2D eigenvalue weighted by Gasteiger charge is -2.38. The van der Waals surface area contributed by atoms with Gasteiger partial charge in [0.15, 0.2) is 0 Å². The van der Waals surface area contributed by atoms with E-state index in [4.69, 9.17) is 0 Å². The van der Waals surface area contributed by atoms with Gasteiger partial charge in [0.05, 0.1) is 6.07 Å². The van der Waals surface area contributed by atoms with E-state index >= 15 is 0 Å². The van der Waals surface area contributed by atoms with Crippen molar-refractivity contribution >= 4 is 6.03 Å². The number of amides is 2. The van der Waals surface area contributed by atoms with Gasteiger partial charge in [0.2, 0.25) is 0 Å². The Hall–Kier alpha value is -2.06. The summed E-state index contributed by atoms with van der Waals surface area (Å²) in [5.74, 6) is 0. The summed E-state index contributed by atoms with van der Waals surface area (Å²) in [5, 5.41) is 9.56. The summed E-state index contributed by atoms with van der Waals surface area (Å²) < 4.78 is 0. The lowest BCUT2D eigenvalue weighted by molar-refractivity contribution is 0.104. The predicted molar refractivity (Wildman–Crippen MR) is 91.0 cm³/mol. The molecule has 0 spiro atoms. The van der Waals surface area contributed by atoms with E-state index in [1.54, 1.807) is 0 Å². The molecular formula is C18H26N4O. The highest BCUT2D eigenvalue weighted by molar-refractivity contribution is 5.74. The molecule has 1 aromatic carbocycles. The molecule has 124 valence electrons. The third kappa shape index (κ3) is 4.02. The molecular weight excluding hydrogens is 288 g/mol. The first kappa shape index (κ1) is 17.3. The molecule has 23 heavy (non-hydrogen) atoms. The van der Waals surface area contributed by atoms with Gasteiger partial charge in [0, 0.05) is 39.3 Å². The van der Waals surface area contributed by atoms with Crippen LogP contribution >= 0.6 is 0 Å². The smallest absolute Gasteiger partial charge is 0.320 e. The third-order valence-corrected chi connectivity index (χ3v) is 4.50. The Kier molecular flexibility index (Phi) is 6.00. The van der Waals surface area contributed by atoms with Crippen LogP contribution in [0.2, 0.25) is 0 Å². The van der Waals surface area contributed by atoms with Crippen molar-refractivity contribution in [3.63, 3.8) is 0 Å². The molecule has 2 amide bonds. The van der Waals surface area contributed by atoms with Crippen LogP contribution in [0.1, 0.15) is 31.0 Å². The number of hydrogen-bond acceptors (Lipinski definition) is 3. The monoisotopic (exact) mass is 314 g/mol. The molecule has 1 saturated heterocycles. The van der Waals surface area contributed by atoms with Crippen LogP contribution in [0.5, 0.6) is 0 Å². The molecule has 1 atom stereocenters. The molecule has 0 bridgehead atoms. The van der Waals surface area contributed by atoms with Gasteiger partial charge in [-0.05, 0) is 26.3 Å². The van der Waals surface area contributed by atoms with Gasteiger partial charge in [-0.15, -0.1) is 0 Å². The normalized spacial score (nSPS) is 16.7. The van der Waals surface area contributed by atoms with Gasteiger partial charge in [-0.3, -0.25) is 4.90 Å². The van der Waals surface area contributed by atoms with Crippen molar-refractivity contribution < 1.29 is 4.79 Å². The average molecular weight is 314 g/mol. The van der Waals surface area contributed by atoms with Crippen LogP contribution in [-0.2, 0) is 0 Å². The van der Waals surface area contributed by atoms with Gasteiger partial charge in [-0.25, -0.2) is 4.79 Å². The number of rotatable bonds is 4. The Labute approximate surface area is 139 Å². The van der Waals surface area contributed by atoms with E-state index in [0.717, 1.165) is 31.7 Å². The van der Waals surface area contributed by atoms with Gasteiger partial charge < -0.3 is 9.80 Å². The number of nitrogens with zero attached hydrogens (tertiary/aromatic N) is 4. The topological polar surface area (TPSA) is 50.6 Å². The molecule has 0 aliphatic carbocycles. The SMILES string of the molecule is CCN(CC)C(=O)N1CCN(C(C#N)c2ccc(C)cc2)CC1. The van der Waals surface area contributed by atoms with Crippen molar-refractivity contribution in [3.05, 3.63) is 35.4 Å². The van der Waals surface area contributed by atoms with Gasteiger partial charge in [-0.1, -0.05) is 29.8 Å². The number of hydrogen-bond donors (Lipinski definition) is 0. The number of aryl methyl sites for hydroxylation is 1. The van der Waals surface area contributed by atoms with Crippen molar-refractivity contribution in [3.8, 4) is 6.07 Å². The summed E-state index contributed by atoms with van der Waals surface area (Å²) in [6, 6.07) is 10.4. The summed E-state index contributed by atoms with van der Waals surface area (Å²) in [6.45, 7) is 10.3. The van der Waals surface area contributed by atoms with Crippen molar-refractivity contribution in [2.24, 2.45) is 0 Å². The fraction of sp³-hybridized carbons (Fsp3) is 0.556. The molecule has 1 aliphatic heterocycles. The molecule has 0 saturated carbocycles. The van der Waals surface area contributed by atoms with Gasteiger partial charge in [-0.2, -0.15) is 5.26 Å². The zero-order chi connectivity index (χ0) is 16.8. The molecule has 1 heterocycles. The highest BCUT2D eigenvalue weighted by Gasteiger charge is 2.28. The van der Waals surface area contributed by atoms with Gasteiger partial charge in [0.25, 0.3) is 0 Å². The average Bonchev–Trinajstić information content (AvgIpc) is 2.59. The first-order chi connectivity index (χ1) is 11.1. The summed E-state index contributed by atoms with van der Waals surface area (Å²) in [4.78, 5) is 18.3. The van der Waals surface area contributed by atoms with Crippen LogP contribution in [-0.4, -0.2) is 60.0 Å². The maximum atomic E-state index is 12.4. The second-order valence-corrected chi connectivity index (χ2v) is 5.92. The number of benzene rings is 1. The highest BCUT2D eigenvalue weighted by atomic mass is 16.2. The number of nitriles is 1. The minimum Gasteiger partial charge on any atom is -0.325 e. The van der Waals surface area contributed by atoms with Crippen molar-refractivity contribution in [2.75, 3.05) is 39.3 Å². The largest absolute Gasteiger partial charge is 0.325 e. The third-order valence-electron chi connectivity index (χ3n) is 4.50. The second-order valence-electron chi connectivity index (χ2n) is 5.92. The second kappa shape index (κ2) is 7.98. The van der Waals surface area contributed by atoms with E-state index in [2.05, 4.69) is 11.0 Å². The quantitative estimate of drug-likeness (QED) is 0.858. The van der Waals surface area contributed by atoms with Crippen LogP contribution in [0, 0.1) is 18.3 Å². The fourth-order valence-corrected chi connectivity index (χ4v) is 2.98. The Morgan fingerprint density at radius 3 is 2.22 bits per heavy atom. The van der Waals surface area contributed by atoms with Crippen LogP contribution < -0.4 is 0 Å². The van der Waals surface area contributed by atoms with E-state index in [9.17, 15) is 10.1 Å². The Balaban J connectivity index is 1.99. The van der Waals surface area contributed by atoms with Gasteiger partial charge in [0.1, 0.15) is 6.04 Å². The maximum absolute atomic E-state index is 12.4. The lowest BCUT2D eigenvalue weighted by Crippen LogP contribution is -2.53. The first-order valence-electron chi connectivity index (χ1n) is 8.34. The Morgan fingerprint density at radius 2 is 1.74 bits per heavy atom. The number of carbonyl (C=O) groups excluding carboxylic acids is 1. The Morgan fingerprint density at radius 1 is 1.17 bits per heavy atom. The predicted octanol–water partition coefficient (Wildman–Crippen LogP) is 2.64.